The second-order valence-electron chi connectivity index (χ2n) is 5.29. The zero-order valence-electron chi connectivity index (χ0n) is 11.9. The lowest BCUT2D eigenvalue weighted by Crippen LogP contribution is -2.28. The van der Waals surface area contributed by atoms with Crippen LogP contribution in [-0.4, -0.2) is 17.9 Å². The van der Waals surface area contributed by atoms with E-state index >= 15 is 0 Å². The van der Waals surface area contributed by atoms with Crippen molar-refractivity contribution in [3.05, 3.63) is 46.2 Å². The molecule has 0 saturated carbocycles. The number of fused-ring (bicyclic) bond motifs is 1. The molecule has 3 rings (SSSR count). The largest absolute Gasteiger partial charge is 0.291 e. The van der Waals surface area contributed by atoms with Crippen LogP contribution in [0.15, 0.2) is 24.3 Å². The van der Waals surface area contributed by atoms with Crippen molar-refractivity contribution < 1.29 is 9.18 Å². The lowest BCUT2D eigenvalue weighted by atomic mass is 10.0. The van der Waals surface area contributed by atoms with Gasteiger partial charge < -0.3 is 0 Å². The summed E-state index contributed by atoms with van der Waals surface area (Å²) >= 11 is 1.59. The SMILES string of the molecule is CN(C(=O)Cc1ccccc1F)c1nc2c(s1)CCCC2. The number of aryl methyl sites for hydroxylation is 2. The Bertz CT molecular complexity index is 645. The maximum atomic E-state index is 13.6. The van der Waals surface area contributed by atoms with Crippen LogP contribution < -0.4 is 4.90 Å². The Hall–Kier alpha value is -1.75. The van der Waals surface area contributed by atoms with Gasteiger partial charge in [-0.25, -0.2) is 9.37 Å². The van der Waals surface area contributed by atoms with E-state index in [1.165, 1.54) is 23.8 Å². The van der Waals surface area contributed by atoms with Gasteiger partial charge in [-0.3, -0.25) is 9.69 Å². The van der Waals surface area contributed by atoms with Crippen molar-refractivity contribution in [3.8, 4) is 0 Å². The molecule has 0 fully saturated rings. The molecule has 0 saturated heterocycles. The van der Waals surface area contributed by atoms with E-state index in [1.807, 2.05) is 0 Å². The number of anilines is 1. The van der Waals surface area contributed by atoms with Crippen LogP contribution >= 0.6 is 11.3 Å². The third-order valence-corrected chi connectivity index (χ3v) is 5.03. The molecule has 1 aliphatic carbocycles. The summed E-state index contributed by atoms with van der Waals surface area (Å²) in [6.07, 6.45) is 4.49. The zero-order chi connectivity index (χ0) is 14.8. The summed E-state index contributed by atoms with van der Waals surface area (Å²) in [5.41, 5.74) is 1.56. The fraction of sp³-hybridized carbons (Fsp3) is 0.375. The monoisotopic (exact) mass is 304 g/mol. The molecule has 1 heterocycles. The summed E-state index contributed by atoms with van der Waals surface area (Å²) in [5.74, 6) is -0.469. The summed E-state index contributed by atoms with van der Waals surface area (Å²) in [7, 11) is 1.72. The summed E-state index contributed by atoms with van der Waals surface area (Å²) in [6, 6.07) is 6.40. The van der Waals surface area contributed by atoms with E-state index in [2.05, 4.69) is 4.98 Å². The Kier molecular flexibility index (Phi) is 4.01. The van der Waals surface area contributed by atoms with Crippen LogP contribution in [0.2, 0.25) is 0 Å². The molecular weight excluding hydrogens is 287 g/mol. The average molecular weight is 304 g/mol. The molecule has 1 aliphatic rings. The summed E-state index contributed by atoms with van der Waals surface area (Å²) in [4.78, 5) is 19.7. The molecule has 0 aliphatic heterocycles. The van der Waals surface area contributed by atoms with E-state index in [1.54, 1.807) is 41.5 Å². The highest BCUT2D eigenvalue weighted by Crippen LogP contribution is 2.31. The van der Waals surface area contributed by atoms with Crippen LogP contribution in [0.3, 0.4) is 0 Å². The fourth-order valence-corrected chi connectivity index (χ4v) is 3.64. The van der Waals surface area contributed by atoms with Crippen molar-refractivity contribution in [1.82, 2.24) is 4.98 Å². The third kappa shape index (κ3) is 2.97. The molecule has 1 aromatic heterocycles. The van der Waals surface area contributed by atoms with Crippen LogP contribution in [0.25, 0.3) is 0 Å². The van der Waals surface area contributed by atoms with E-state index in [9.17, 15) is 9.18 Å². The van der Waals surface area contributed by atoms with Gasteiger partial charge >= 0.3 is 0 Å². The Labute approximate surface area is 127 Å². The first-order valence-corrected chi connectivity index (χ1v) is 7.95. The topological polar surface area (TPSA) is 33.2 Å². The Morgan fingerprint density at radius 3 is 2.86 bits per heavy atom. The van der Waals surface area contributed by atoms with Gasteiger partial charge in [-0.2, -0.15) is 0 Å². The molecule has 0 spiro atoms. The van der Waals surface area contributed by atoms with Gasteiger partial charge in [0.15, 0.2) is 5.13 Å². The highest BCUT2D eigenvalue weighted by molar-refractivity contribution is 7.15. The van der Waals surface area contributed by atoms with Crippen LogP contribution in [0.5, 0.6) is 0 Å². The molecule has 0 radical (unpaired) electrons. The molecule has 5 heteroatoms. The van der Waals surface area contributed by atoms with Gasteiger partial charge in [0.1, 0.15) is 5.82 Å². The molecule has 0 atom stereocenters. The summed E-state index contributed by atoms with van der Waals surface area (Å²) < 4.78 is 13.6. The lowest BCUT2D eigenvalue weighted by molar-refractivity contribution is -0.117. The highest BCUT2D eigenvalue weighted by atomic mass is 32.1. The molecular formula is C16H17FN2OS. The number of hydrogen-bond donors (Lipinski definition) is 0. The van der Waals surface area contributed by atoms with Gasteiger partial charge in [-0.05, 0) is 37.3 Å². The number of likely N-dealkylation sites (N-methyl/N-ethyl adjacent to an activating group) is 1. The first-order chi connectivity index (χ1) is 10.1. The second-order valence-corrected chi connectivity index (χ2v) is 6.36. The number of nitrogens with zero attached hydrogens (tertiary/aromatic N) is 2. The van der Waals surface area contributed by atoms with Gasteiger partial charge in [0.25, 0.3) is 0 Å². The quantitative estimate of drug-likeness (QED) is 0.871. The van der Waals surface area contributed by atoms with Crippen LogP contribution in [0.4, 0.5) is 9.52 Å². The van der Waals surface area contributed by atoms with Crippen LogP contribution in [0, 0.1) is 5.82 Å². The zero-order valence-corrected chi connectivity index (χ0v) is 12.8. The third-order valence-electron chi connectivity index (χ3n) is 3.79. The van der Waals surface area contributed by atoms with Gasteiger partial charge in [0.2, 0.25) is 5.91 Å². The molecule has 110 valence electrons. The van der Waals surface area contributed by atoms with E-state index in [4.69, 9.17) is 0 Å². The maximum absolute atomic E-state index is 13.6. The summed E-state index contributed by atoms with van der Waals surface area (Å²) in [6.45, 7) is 0. The van der Waals surface area contributed by atoms with Crippen molar-refractivity contribution in [1.29, 1.82) is 0 Å². The number of halogens is 1. The number of hydrogen-bond acceptors (Lipinski definition) is 3. The minimum Gasteiger partial charge on any atom is -0.291 e. The van der Waals surface area contributed by atoms with Gasteiger partial charge in [0.05, 0.1) is 12.1 Å². The first kappa shape index (κ1) is 14.2. The number of amides is 1. The molecule has 1 amide bonds. The molecule has 3 nitrogen and oxygen atoms in total. The van der Waals surface area contributed by atoms with Crippen molar-refractivity contribution >= 4 is 22.4 Å². The number of aromatic nitrogens is 1. The number of carbonyl (C=O) groups excluding carboxylic acids is 1. The predicted octanol–water partition coefficient (Wildman–Crippen LogP) is 3.37. The van der Waals surface area contributed by atoms with E-state index in [0.717, 1.165) is 23.7 Å². The van der Waals surface area contributed by atoms with Crippen LogP contribution in [-0.2, 0) is 24.1 Å². The second kappa shape index (κ2) is 5.93. The molecule has 0 unspecified atom stereocenters. The van der Waals surface area contributed by atoms with Gasteiger partial charge in [-0.15, -0.1) is 11.3 Å². The van der Waals surface area contributed by atoms with Gasteiger partial charge in [-0.1, -0.05) is 18.2 Å². The van der Waals surface area contributed by atoms with Crippen molar-refractivity contribution in [3.63, 3.8) is 0 Å². The number of carbonyl (C=O) groups is 1. The number of benzene rings is 1. The number of thiazole rings is 1. The molecule has 21 heavy (non-hydrogen) atoms. The minimum atomic E-state index is -0.335. The minimum absolute atomic E-state index is 0.0629. The number of rotatable bonds is 3. The average Bonchev–Trinajstić information content (AvgIpc) is 2.92. The summed E-state index contributed by atoms with van der Waals surface area (Å²) in [5, 5.41) is 0.725. The first-order valence-electron chi connectivity index (χ1n) is 7.13. The van der Waals surface area contributed by atoms with Crippen molar-refractivity contribution in [2.45, 2.75) is 32.1 Å². The highest BCUT2D eigenvalue weighted by Gasteiger charge is 2.21. The molecule has 0 bridgehead atoms. The Morgan fingerprint density at radius 1 is 1.33 bits per heavy atom. The Balaban J connectivity index is 1.75. The Morgan fingerprint density at radius 2 is 2.10 bits per heavy atom. The normalized spacial score (nSPS) is 13.8. The van der Waals surface area contributed by atoms with Gasteiger partial charge in [0, 0.05) is 11.9 Å². The van der Waals surface area contributed by atoms with E-state index in [-0.39, 0.29) is 18.1 Å². The smallest absolute Gasteiger partial charge is 0.233 e. The fourth-order valence-electron chi connectivity index (χ4n) is 2.51. The van der Waals surface area contributed by atoms with Crippen molar-refractivity contribution in [2.75, 3.05) is 11.9 Å². The van der Waals surface area contributed by atoms with Crippen molar-refractivity contribution in [2.24, 2.45) is 0 Å². The molecule has 2 aromatic rings. The van der Waals surface area contributed by atoms with Crippen LogP contribution in [0.1, 0.15) is 29.0 Å². The van der Waals surface area contributed by atoms with E-state index < -0.39 is 0 Å². The lowest BCUT2D eigenvalue weighted by Gasteiger charge is -2.13. The molecule has 1 aromatic carbocycles. The predicted molar refractivity (Wildman–Crippen MR) is 82.3 cm³/mol. The molecule has 0 N–H and O–H groups in total. The van der Waals surface area contributed by atoms with E-state index in [0.29, 0.717) is 5.56 Å². The maximum Gasteiger partial charge on any atom is 0.233 e. The standard InChI is InChI=1S/C16H17FN2OS/c1-19(15(20)10-11-6-2-3-7-12(11)17)16-18-13-8-4-5-9-14(13)21-16/h2-3,6-7H,4-5,8-10H2,1H3.